The Morgan fingerprint density at radius 3 is 2.75 bits per heavy atom. The highest BCUT2D eigenvalue weighted by Crippen LogP contribution is 2.40. The van der Waals surface area contributed by atoms with Crippen LogP contribution in [0.15, 0.2) is 4.99 Å². The van der Waals surface area contributed by atoms with E-state index in [1.54, 1.807) is 0 Å². The van der Waals surface area contributed by atoms with Crippen molar-refractivity contribution >= 4 is 5.96 Å². The van der Waals surface area contributed by atoms with E-state index in [1.165, 1.54) is 25.8 Å². The number of nitrogens with zero attached hydrogens (tertiary/aromatic N) is 3. The van der Waals surface area contributed by atoms with E-state index in [1.807, 2.05) is 0 Å². The van der Waals surface area contributed by atoms with Gasteiger partial charge in [-0.05, 0) is 33.1 Å². The van der Waals surface area contributed by atoms with Crippen molar-refractivity contribution < 1.29 is 0 Å². The monoisotopic (exact) mass is 222 g/mol. The lowest BCUT2D eigenvalue weighted by atomic mass is 9.97. The zero-order valence-corrected chi connectivity index (χ0v) is 10.3. The number of hydrogen-bond acceptors (Lipinski definition) is 4. The van der Waals surface area contributed by atoms with Crippen molar-refractivity contribution in [1.29, 1.82) is 0 Å². The Bertz CT molecular complexity index is 321. The van der Waals surface area contributed by atoms with Crippen molar-refractivity contribution in [3.8, 4) is 0 Å². The first-order valence-electron chi connectivity index (χ1n) is 6.46. The van der Waals surface area contributed by atoms with Crippen LogP contribution in [0.2, 0.25) is 0 Å². The third kappa shape index (κ3) is 1.43. The summed E-state index contributed by atoms with van der Waals surface area (Å²) in [7, 11) is 0. The summed E-state index contributed by atoms with van der Waals surface area (Å²) in [6.07, 6.45) is 3.84. The first-order chi connectivity index (χ1) is 7.62. The second-order valence-corrected chi connectivity index (χ2v) is 5.81. The minimum absolute atomic E-state index is 0.246. The Kier molecular flexibility index (Phi) is 2.18. The molecular weight excluding hydrogens is 200 g/mol. The Labute approximate surface area is 97.5 Å². The first kappa shape index (κ1) is 10.4. The van der Waals surface area contributed by atoms with Crippen LogP contribution in [0.25, 0.3) is 0 Å². The van der Waals surface area contributed by atoms with Crippen LogP contribution in [-0.4, -0.2) is 53.0 Å². The second-order valence-electron chi connectivity index (χ2n) is 5.81. The van der Waals surface area contributed by atoms with Crippen LogP contribution < -0.4 is 5.73 Å². The van der Waals surface area contributed by atoms with E-state index in [2.05, 4.69) is 28.6 Å². The molecule has 0 aromatic carbocycles. The summed E-state index contributed by atoms with van der Waals surface area (Å²) >= 11 is 0. The van der Waals surface area contributed by atoms with Crippen molar-refractivity contribution in [3.05, 3.63) is 0 Å². The molecule has 3 rings (SSSR count). The van der Waals surface area contributed by atoms with Crippen molar-refractivity contribution in [3.63, 3.8) is 0 Å². The Morgan fingerprint density at radius 2 is 2.19 bits per heavy atom. The quantitative estimate of drug-likeness (QED) is 0.745. The normalized spacial score (nSPS) is 35.4. The summed E-state index contributed by atoms with van der Waals surface area (Å²) in [5.41, 5.74) is 6.30. The molecule has 2 heterocycles. The summed E-state index contributed by atoms with van der Waals surface area (Å²) in [6, 6.07) is 1.33. The van der Waals surface area contributed by atoms with Crippen molar-refractivity contribution in [1.82, 2.24) is 9.80 Å². The van der Waals surface area contributed by atoms with E-state index in [4.69, 9.17) is 5.73 Å². The maximum absolute atomic E-state index is 6.05. The highest BCUT2D eigenvalue weighted by molar-refractivity contribution is 5.81. The van der Waals surface area contributed by atoms with Crippen LogP contribution in [0.1, 0.15) is 33.1 Å². The molecule has 1 atom stereocenters. The zero-order chi connectivity index (χ0) is 11.3. The van der Waals surface area contributed by atoms with Gasteiger partial charge < -0.3 is 10.6 Å². The largest absolute Gasteiger partial charge is 0.370 e. The molecule has 1 aliphatic carbocycles. The van der Waals surface area contributed by atoms with E-state index in [-0.39, 0.29) is 5.54 Å². The summed E-state index contributed by atoms with van der Waals surface area (Å²) in [4.78, 5) is 9.50. The van der Waals surface area contributed by atoms with E-state index in [0.29, 0.717) is 12.1 Å². The molecule has 2 fully saturated rings. The van der Waals surface area contributed by atoms with E-state index in [0.717, 1.165) is 19.0 Å². The SMILES string of the molecule is CC(C)N1CCC2(CN=C(N)N2C2CC2)C1. The minimum atomic E-state index is 0.246. The molecule has 3 aliphatic rings. The molecule has 0 aromatic heterocycles. The third-order valence-corrected chi connectivity index (χ3v) is 4.30. The van der Waals surface area contributed by atoms with Crippen LogP contribution in [0.4, 0.5) is 0 Å². The number of aliphatic imine (C=N–C) groups is 1. The molecule has 0 aromatic rings. The standard InChI is InChI=1S/C12H22N4/c1-9(2)15-6-5-12(8-15)7-14-11(13)16(12)10-3-4-10/h9-10H,3-8H2,1-2H3,(H2,13,14). The van der Waals surface area contributed by atoms with Gasteiger partial charge in [-0.3, -0.25) is 9.89 Å². The summed E-state index contributed by atoms with van der Waals surface area (Å²) in [5, 5.41) is 0. The van der Waals surface area contributed by atoms with Crippen LogP contribution in [0.5, 0.6) is 0 Å². The molecule has 1 saturated heterocycles. The van der Waals surface area contributed by atoms with Gasteiger partial charge in [0.15, 0.2) is 5.96 Å². The lowest BCUT2D eigenvalue weighted by Gasteiger charge is -2.36. The van der Waals surface area contributed by atoms with Gasteiger partial charge in [-0.2, -0.15) is 0 Å². The van der Waals surface area contributed by atoms with Gasteiger partial charge in [0, 0.05) is 25.2 Å². The molecule has 4 nitrogen and oxygen atoms in total. The van der Waals surface area contributed by atoms with Gasteiger partial charge in [-0.1, -0.05) is 0 Å². The Morgan fingerprint density at radius 1 is 1.44 bits per heavy atom. The molecule has 0 radical (unpaired) electrons. The van der Waals surface area contributed by atoms with Gasteiger partial charge in [0.05, 0.1) is 12.1 Å². The predicted octanol–water partition coefficient (Wildman–Crippen LogP) is 0.632. The fourth-order valence-electron chi connectivity index (χ4n) is 3.18. The van der Waals surface area contributed by atoms with E-state index >= 15 is 0 Å². The first-order valence-corrected chi connectivity index (χ1v) is 6.46. The van der Waals surface area contributed by atoms with Crippen molar-refractivity contribution in [2.45, 2.75) is 50.7 Å². The van der Waals surface area contributed by atoms with E-state index < -0.39 is 0 Å². The maximum Gasteiger partial charge on any atom is 0.192 e. The number of hydrogen-bond donors (Lipinski definition) is 1. The highest BCUT2D eigenvalue weighted by Gasteiger charge is 2.52. The van der Waals surface area contributed by atoms with Gasteiger partial charge in [0.2, 0.25) is 0 Å². The minimum Gasteiger partial charge on any atom is -0.370 e. The van der Waals surface area contributed by atoms with E-state index in [9.17, 15) is 0 Å². The summed E-state index contributed by atoms with van der Waals surface area (Å²) < 4.78 is 0. The van der Waals surface area contributed by atoms with Crippen LogP contribution in [0, 0.1) is 0 Å². The molecule has 2 aliphatic heterocycles. The smallest absolute Gasteiger partial charge is 0.192 e. The fraction of sp³-hybridized carbons (Fsp3) is 0.917. The Balaban J connectivity index is 1.79. The molecule has 1 spiro atoms. The van der Waals surface area contributed by atoms with Gasteiger partial charge in [0.1, 0.15) is 0 Å². The molecule has 1 unspecified atom stereocenters. The number of nitrogens with two attached hydrogens (primary N) is 1. The number of guanidine groups is 1. The lowest BCUT2D eigenvalue weighted by molar-refractivity contribution is 0.175. The average Bonchev–Trinajstić information content (AvgIpc) is 2.88. The maximum atomic E-state index is 6.05. The topological polar surface area (TPSA) is 44.9 Å². The lowest BCUT2D eigenvalue weighted by Crippen LogP contribution is -2.54. The van der Waals surface area contributed by atoms with Gasteiger partial charge in [-0.15, -0.1) is 0 Å². The zero-order valence-electron chi connectivity index (χ0n) is 10.3. The number of likely N-dealkylation sites (tertiary alicyclic amines) is 1. The summed E-state index contributed by atoms with van der Waals surface area (Å²) in [6.45, 7) is 7.81. The molecule has 4 heteroatoms. The molecule has 0 amide bonds. The number of rotatable bonds is 2. The average molecular weight is 222 g/mol. The molecule has 2 N–H and O–H groups in total. The van der Waals surface area contributed by atoms with Gasteiger partial charge in [0.25, 0.3) is 0 Å². The summed E-state index contributed by atoms with van der Waals surface area (Å²) in [5.74, 6) is 0.799. The molecule has 90 valence electrons. The van der Waals surface area contributed by atoms with Crippen LogP contribution in [-0.2, 0) is 0 Å². The van der Waals surface area contributed by atoms with Crippen LogP contribution >= 0.6 is 0 Å². The fourth-order valence-corrected chi connectivity index (χ4v) is 3.18. The predicted molar refractivity (Wildman–Crippen MR) is 65.4 cm³/mol. The molecule has 16 heavy (non-hydrogen) atoms. The van der Waals surface area contributed by atoms with Crippen LogP contribution in [0.3, 0.4) is 0 Å². The van der Waals surface area contributed by atoms with Crippen molar-refractivity contribution in [2.75, 3.05) is 19.6 Å². The Hall–Kier alpha value is -0.770. The van der Waals surface area contributed by atoms with Gasteiger partial charge >= 0.3 is 0 Å². The molecule has 1 saturated carbocycles. The molecular formula is C12H22N4. The highest BCUT2D eigenvalue weighted by atomic mass is 15.4. The third-order valence-electron chi connectivity index (χ3n) is 4.30. The second kappa shape index (κ2) is 3.36. The van der Waals surface area contributed by atoms with Gasteiger partial charge in [-0.25, -0.2) is 0 Å². The van der Waals surface area contributed by atoms with Crippen molar-refractivity contribution in [2.24, 2.45) is 10.7 Å². The molecule has 0 bridgehead atoms.